The first-order chi connectivity index (χ1) is 10.9. The molecule has 1 heterocycles. The Morgan fingerprint density at radius 1 is 1.39 bits per heavy atom. The lowest BCUT2D eigenvalue weighted by molar-refractivity contribution is -0.274. The van der Waals surface area contributed by atoms with E-state index in [4.69, 9.17) is 0 Å². The summed E-state index contributed by atoms with van der Waals surface area (Å²) in [4.78, 5) is 14.2. The highest BCUT2D eigenvalue weighted by Gasteiger charge is 2.32. The first-order valence-corrected chi connectivity index (χ1v) is 7.68. The molecule has 0 saturated carbocycles. The van der Waals surface area contributed by atoms with Gasteiger partial charge in [0.2, 0.25) is 5.91 Å². The van der Waals surface area contributed by atoms with Crippen LogP contribution < -0.4 is 10.1 Å². The van der Waals surface area contributed by atoms with Crippen LogP contribution in [0.3, 0.4) is 0 Å². The fraction of sp³-hybridized carbons (Fsp3) is 0.562. The highest BCUT2D eigenvalue weighted by Crippen LogP contribution is 2.27. The molecule has 7 heteroatoms. The minimum absolute atomic E-state index is 0.0236. The molecule has 128 valence electrons. The van der Waals surface area contributed by atoms with Crippen molar-refractivity contribution in [3.8, 4) is 5.75 Å². The van der Waals surface area contributed by atoms with E-state index in [0.717, 1.165) is 19.4 Å². The van der Waals surface area contributed by atoms with Crippen LogP contribution in [0.15, 0.2) is 24.3 Å². The molecule has 1 amide bonds. The van der Waals surface area contributed by atoms with Gasteiger partial charge in [-0.1, -0.05) is 18.2 Å². The second-order valence-electron chi connectivity index (χ2n) is 5.60. The summed E-state index contributed by atoms with van der Waals surface area (Å²) in [6.45, 7) is 1.45. The number of nitrogens with zero attached hydrogens (tertiary/aromatic N) is 1. The first kappa shape index (κ1) is 17.6. The van der Waals surface area contributed by atoms with E-state index in [1.807, 2.05) is 11.9 Å². The third kappa shape index (κ3) is 5.13. The van der Waals surface area contributed by atoms with Gasteiger partial charge < -0.3 is 15.0 Å². The molecule has 0 spiro atoms. The van der Waals surface area contributed by atoms with Gasteiger partial charge in [-0.2, -0.15) is 0 Å². The molecule has 1 aromatic rings. The van der Waals surface area contributed by atoms with Gasteiger partial charge in [-0.05, 0) is 37.9 Å². The van der Waals surface area contributed by atoms with Gasteiger partial charge in [-0.15, -0.1) is 13.2 Å². The predicted octanol–water partition coefficient (Wildman–Crippen LogP) is 2.73. The number of likely N-dealkylation sites (tertiary alicyclic amines) is 1. The number of carbonyl (C=O) groups excluding carboxylic acids is 1. The lowest BCUT2D eigenvalue weighted by Crippen LogP contribution is -2.40. The van der Waals surface area contributed by atoms with E-state index in [0.29, 0.717) is 12.1 Å². The Morgan fingerprint density at radius 3 is 2.83 bits per heavy atom. The quantitative estimate of drug-likeness (QED) is 0.872. The number of aryl methyl sites for hydroxylation is 1. The van der Waals surface area contributed by atoms with Crippen LogP contribution in [-0.2, 0) is 11.2 Å². The maximum Gasteiger partial charge on any atom is 0.573 e. The van der Waals surface area contributed by atoms with Gasteiger partial charge in [0.25, 0.3) is 0 Å². The van der Waals surface area contributed by atoms with E-state index in [9.17, 15) is 18.0 Å². The third-order valence-electron chi connectivity index (χ3n) is 3.94. The van der Waals surface area contributed by atoms with E-state index in [1.54, 1.807) is 12.1 Å². The van der Waals surface area contributed by atoms with Gasteiger partial charge in [-0.25, -0.2) is 0 Å². The van der Waals surface area contributed by atoms with E-state index >= 15 is 0 Å². The zero-order valence-corrected chi connectivity index (χ0v) is 13.0. The number of amides is 1. The summed E-state index contributed by atoms with van der Waals surface area (Å²) in [5.41, 5.74) is 0.391. The predicted molar refractivity (Wildman–Crippen MR) is 80.1 cm³/mol. The fourth-order valence-corrected chi connectivity index (χ4v) is 2.93. The molecule has 0 bridgehead atoms. The van der Waals surface area contributed by atoms with Crippen LogP contribution >= 0.6 is 0 Å². The molecule has 2 rings (SSSR count). The Morgan fingerprint density at radius 2 is 2.13 bits per heavy atom. The minimum atomic E-state index is -4.73. The maximum absolute atomic E-state index is 12.4. The van der Waals surface area contributed by atoms with Crippen molar-refractivity contribution in [3.63, 3.8) is 0 Å². The molecule has 23 heavy (non-hydrogen) atoms. The van der Waals surface area contributed by atoms with Gasteiger partial charge in [0.15, 0.2) is 0 Å². The second-order valence-corrected chi connectivity index (χ2v) is 5.60. The monoisotopic (exact) mass is 330 g/mol. The summed E-state index contributed by atoms with van der Waals surface area (Å²) < 4.78 is 41.2. The van der Waals surface area contributed by atoms with Crippen molar-refractivity contribution >= 4 is 5.91 Å². The van der Waals surface area contributed by atoms with Crippen molar-refractivity contribution in [1.82, 2.24) is 10.2 Å². The number of hydrogen-bond donors (Lipinski definition) is 1. The molecule has 0 radical (unpaired) electrons. The molecule has 1 aromatic carbocycles. The van der Waals surface area contributed by atoms with Crippen molar-refractivity contribution < 1.29 is 22.7 Å². The zero-order chi connectivity index (χ0) is 16.9. The van der Waals surface area contributed by atoms with Gasteiger partial charge in [-0.3, -0.25) is 4.79 Å². The summed E-state index contributed by atoms with van der Waals surface area (Å²) in [6, 6.07) is 6.13. The summed E-state index contributed by atoms with van der Waals surface area (Å²) in [5, 5.41) is 3.06. The molecule has 4 nitrogen and oxygen atoms in total. The first-order valence-electron chi connectivity index (χ1n) is 7.68. The lowest BCUT2D eigenvalue weighted by atomic mass is 10.1. The number of hydrogen-bond acceptors (Lipinski definition) is 3. The summed E-state index contributed by atoms with van der Waals surface area (Å²) in [6.07, 6.45) is -2.40. The molecule has 1 aliphatic rings. The van der Waals surface area contributed by atoms with Crippen molar-refractivity contribution in [2.24, 2.45) is 0 Å². The number of nitrogens with one attached hydrogen (secondary N) is 1. The van der Waals surface area contributed by atoms with E-state index in [-0.39, 0.29) is 30.5 Å². The topological polar surface area (TPSA) is 41.6 Å². The van der Waals surface area contributed by atoms with Crippen molar-refractivity contribution in [3.05, 3.63) is 29.8 Å². The average Bonchev–Trinajstić information content (AvgIpc) is 2.93. The van der Waals surface area contributed by atoms with Gasteiger partial charge >= 0.3 is 6.36 Å². The van der Waals surface area contributed by atoms with Gasteiger partial charge in [0, 0.05) is 25.6 Å². The summed E-state index contributed by atoms with van der Waals surface area (Å²) >= 11 is 0. The van der Waals surface area contributed by atoms with Crippen molar-refractivity contribution in [2.75, 3.05) is 20.1 Å². The highest BCUT2D eigenvalue weighted by atomic mass is 19.4. The highest BCUT2D eigenvalue weighted by molar-refractivity contribution is 5.77. The van der Waals surface area contributed by atoms with Crippen LogP contribution in [0.5, 0.6) is 5.75 Å². The molecule has 1 saturated heterocycles. The largest absolute Gasteiger partial charge is 0.573 e. The molecular formula is C16H21F3N2O2. The Labute approximate surface area is 133 Å². The zero-order valence-electron chi connectivity index (χ0n) is 13.0. The number of likely N-dealkylation sites (N-methyl/N-ethyl adjacent to an activating group) is 1. The number of halogens is 3. The maximum atomic E-state index is 12.4. The number of ether oxygens (including phenoxy) is 1. The molecular weight excluding hydrogens is 309 g/mol. The number of carbonyl (C=O) groups is 1. The van der Waals surface area contributed by atoms with E-state index in [1.165, 1.54) is 12.1 Å². The molecule has 1 N–H and O–H groups in total. The fourth-order valence-electron chi connectivity index (χ4n) is 2.93. The Bertz CT molecular complexity index is 534. The Balaban J connectivity index is 1.96. The smallest absolute Gasteiger partial charge is 0.406 e. The summed E-state index contributed by atoms with van der Waals surface area (Å²) in [5.74, 6) is -0.259. The molecule has 1 atom stereocenters. The number of rotatable bonds is 6. The molecule has 1 fully saturated rings. The Kier molecular flexibility index (Phi) is 5.87. The van der Waals surface area contributed by atoms with Crippen LogP contribution in [-0.4, -0.2) is 43.3 Å². The number of alkyl halides is 3. The van der Waals surface area contributed by atoms with Gasteiger partial charge in [0.05, 0.1) is 0 Å². The van der Waals surface area contributed by atoms with Crippen molar-refractivity contribution in [1.29, 1.82) is 0 Å². The van der Waals surface area contributed by atoms with Crippen molar-refractivity contribution in [2.45, 2.75) is 38.1 Å². The molecule has 1 unspecified atom stereocenters. The molecule has 0 aliphatic carbocycles. The van der Waals surface area contributed by atoms with Crippen LogP contribution in [0.25, 0.3) is 0 Å². The molecule has 0 aromatic heterocycles. The van der Waals surface area contributed by atoms with Crippen LogP contribution in [0.2, 0.25) is 0 Å². The van der Waals surface area contributed by atoms with Crippen LogP contribution in [0.4, 0.5) is 13.2 Å². The van der Waals surface area contributed by atoms with E-state index in [2.05, 4.69) is 10.1 Å². The Hall–Kier alpha value is -1.76. The second kappa shape index (κ2) is 7.68. The normalized spacial score (nSPS) is 18.3. The number of para-hydroxylation sites is 1. The number of benzene rings is 1. The third-order valence-corrected chi connectivity index (χ3v) is 3.94. The van der Waals surface area contributed by atoms with Gasteiger partial charge in [0.1, 0.15) is 5.75 Å². The minimum Gasteiger partial charge on any atom is -0.406 e. The SMILES string of the molecule is CNCC1CCCN1C(=O)CCc1ccccc1OC(F)(F)F. The average molecular weight is 330 g/mol. The lowest BCUT2D eigenvalue weighted by Gasteiger charge is -2.24. The standard InChI is InChI=1S/C16H21F3N2O2/c1-20-11-13-6-4-10-21(13)15(22)9-8-12-5-2-3-7-14(12)23-16(17,18)19/h2-3,5,7,13,20H,4,6,8-11H2,1H3. The molecule has 1 aliphatic heterocycles. The van der Waals surface area contributed by atoms with Crippen LogP contribution in [0.1, 0.15) is 24.8 Å². The van der Waals surface area contributed by atoms with E-state index < -0.39 is 6.36 Å². The summed E-state index contributed by atoms with van der Waals surface area (Å²) in [7, 11) is 1.84. The van der Waals surface area contributed by atoms with Crippen LogP contribution in [0, 0.1) is 0 Å².